The maximum atomic E-state index is 14.5. The van der Waals surface area contributed by atoms with Crippen molar-refractivity contribution >= 4 is 0 Å². The van der Waals surface area contributed by atoms with E-state index in [4.69, 9.17) is 14.2 Å². The van der Waals surface area contributed by atoms with Gasteiger partial charge in [0.25, 0.3) is 0 Å². The van der Waals surface area contributed by atoms with Crippen LogP contribution in [0.2, 0.25) is 0 Å². The molecule has 0 N–H and O–H groups in total. The molecule has 2 aliphatic rings. The van der Waals surface area contributed by atoms with Crippen molar-refractivity contribution in [2.24, 2.45) is 0 Å². The Labute approximate surface area is 190 Å². The Balaban J connectivity index is 1.31. The van der Waals surface area contributed by atoms with Crippen molar-refractivity contribution in [1.82, 2.24) is 0 Å². The average Bonchev–Trinajstić information content (AvgIpc) is 2.81. The minimum Gasteiger partial charge on any atom is -0.491 e. The number of benzene rings is 2. The fourth-order valence-electron chi connectivity index (χ4n) is 5.05. The van der Waals surface area contributed by atoms with Gasteiger partial charge in [-0.05, 0) is 74.1 Å². The second-order valence-corrected chi connectivity index (χ2v) is 9.19. The Hall–Kier alpha value is -1.98. The van der Waals surface area contributed by atoms with Crippen LogP contribution in [0.5, 0.6) is 5.75 Å². The van der Waals surface area contributed by atoms with Crippen molar-refractivity contribution in [2.45, 2.75) is 76.2 Å². The largest absolute Gasteiger partial charge is 0.491 e. The molecule has 0 bridgehead atoms. The molecule has 1 saturated carbocycles. The van der Waals surface area contributed by atoms with E-state index in [9.17, 15) is 8.78 Å². The zero-order valence-electron chi connectivity index (χ0n) is 19.1. The molecule has 4 rings (SSSR count). The van der Waals surface area contributed by atoms with Crippen LogP contribution in [0.4, 0.5) is 8.78 Å². The van der Waals surface area contributed by atoms with Crippen molar-refractivity contribution in [3.8, 4) is 5.75 Å². The minimum atomic E-state index is -1.36. The lowest BCUT2D eigenvalue weighted by Gasteiger charge is -2.34. The van der Waals surface area contributed by atoms with Gasteiger partial charge in [-0.2, -0.15) is 0 Å². The number of alkyl halides is 1. The summed E-state index contributed by atoms with van der Waals surface area (Å²) in [6, 6.07) is 13.8. The normalized spacial score (nSPS) is 28.4. The van der Waals surface area contributed by atoms with E-state index >= 15 is 0 Å². The van der Waals surface area contributed by atoms with Gasteiger partial charge in [0.15, 0.2) is 23.5 Å². The summed E-state index contributed by atoms with van der Waals surface area (Å²) in [5.74, 6) is 0.959. The lowest BCUT2D eigenvalue weighted by Crippen LogP contribution is -2.41. The van der Waals surface area contributed by atoms with E-state index in [0.717, 1.165) is 43.2 Å². The first-order chi connectivity index (χ1) is 15.5. The highest BCUT2D eigenvalue weighted by molar-refractivity contribution is 5.32. The molecule has 174 valence electrons. The highest BCUT2D eigenvalue weighted by Gasteiger charge is 2.36. The summed E-state index contributed by atoms with van der Waals surface area (Å²) in [4.78, 5) is 0. The molecule has 1 aliphatic carbocycles. The first kappa shape index (κ1) is 23.2. The molecule has 0 radical (unpaired) electrons. The predicted molar refractivity (Wildman–Crippen MR) is 121 cm³/mol. The van der Waals surface area contributed by atoms with Gasteiger partial charge in [0.2, 0.25) is 0 Å². The van der Waals surface area contributed by atoms with E-state index in [1.807, 2.05) is 32.0 Å². The molecule has 32 heavy (non-hydrogen) atoms. The van der Waals surface area contributed by atoms with Crippen LogP contribution in [-0.2, 0) is 9.47 Å². The van der Waals surface area contributed by atoms with E-state index in [2.05, 4.69) is 12.1 Å². The third-order valence-corrected chi connectivity index (χ3v) is 6.82. The minimum absolute atomic E-state index is 0.0867. The molecule has 1 heterocycles. The van der Waals surface area contributed by atoms with E-state index < -0.39 is 12.0 Å². The first-order valence-corrected chi connectivity index (χ1v) is 12.0. The summed E-state index contributed by atoms with van der Waals surface area (Å²) in [5, 5.41) is 0. The molecular weight excluding hydrogens is 410 g/mol. The Bertz CT molecular complexity index is 867. The summed E-state index contributed by atoms with van der Waals surface area (Å²) in [6.07, 6.45) is 5.00. The lowest BCUT2D eigenvalue weighted by atomic mass is 9.76. The van der Waals surface area contributed by atoms with Crippen molar-refractivity contribution < 1.29 is 23.0 Å². The Morgan fingerprint density at radius 2 is 1.44 bits per heavy atom. The molecule has 0 unspecified atom stereocenters. The van der Waals surface area contributed by atoms with Crippen molar-refractivity contribution in [2.75, 3.05) is 19.8 Å². The van der Waals surface area contributed by atoms with Crippen LogP contribution in [0, 0.1) is 5.82 Å². The number of rotatable bonds is 7. The number of hydrogen-bond acceptors (Lipinski definition) is 3. The van der Waals surface area contributed by atoms with Crippen LogP contribution >= 0.6 is 0 Å². The molecule has 1 saturated heterocycles. The molecule has 2 aromatic carbocycles. The highest BCUT2D eigenvalue weighted by Crippen LogP contribution is 2.41. The number of hydrogen-bond donors (Lipinski definition) is 0. The van der Waals surface area contributed by atoms with Crippen molar-refractivity contribution in [1.29, 1.82) is 0 Å². The molecule has 3 nitrogen and oxygen atoms in total. The summed E-state index contributed by atoms with van der Waals surface area (Å²) in [6.45, 7) is 4.47. The van der Waals surface area contributed by atoms with Gasteiger partial charge >= 0.3 is 0 Å². The second-order valence-electron chi connectivity index (χ2n) is 9.19. The molecule has 0 amide bonds. The van der Waals surface area contributed by atoms with Crippen molar-refractivity contribution in [3.05, 3.63) is 65.0 Å². The maximum absolute atomic E-state index is 14.5. The van der Waals surface area contributed by atoms with Crippen LogP contribution in [0.25, 0.3) is 0 Å². The van der Waals surface area contributed by atoms with Gasteiger partial charge in [-0.15, -0.1) is 0 Å². The third-order valence-electron chi connectivity index (χ3n) is 6.82. The van der Waals surface area contributed by atoms with Gasteiger partial charge in [-0.25, -0.2) is 8.78 Å². The molecule has 0 atom stereocenters. The summed E-state index contributed by atoms with van der Waals surface area (Å²) in [7, 11) is 0. The molecule has 5 heteroatoms. The Kier molecular flexibility index (Phi) is 7.47. The molecule has 1 aliphatic heterocycles. The predicted octanol–water partition coefficient (Wildman–Crippen LogP) is 7.22. The van der Waals surface area contributed by atoms with Gasteiger partial charge in [0.1, 0.15) is 0 Å². The zero-order valence-corrected chi connectivity index (χ0v) is 19.1. The standard InChI is InChI=1S/C27H34F2O3/c1-3-15-27(29)17-31-26(32-18-27)22-11-9-20(10-12-22)19-5-7-21(8-6-19)23-13-14-25(30-4-2)24(28)16-23/h9-14,16,19,21,26H,3-8,15,17-18H2,1-2H3. The van der Waals surface area contributed by atoms with Crippen molar-refractivity contribution in [3.63, 3.8) is 0 Å². The van der Waals surface area contributed by atoms with Crippen LogP contribution in [-0.4, -0.2) is 25.5 Å². The SMILES string of the molecule is CCCC1(F)COC(c2ccc(C3CCC(c4ccc(OCC)c(F)c4)CC3)cc2)OC1. The molecule has 0 aromatic heterocycles. The van der Waals surface area contributed by atoms with Gasteiger partial charge in [-0.3, -0.25) is 0 Å². The van der Waals surface area contributed by atoms with Gasteiger partial charge in [-0.1, -0.05) is 43.7 Å². The monoisotopic (exact) mass is 444 g/mol. The fourth-order valence-corrected chi connectivity index (χ4v) is 5.05. The van der Waals surface area contributed by atoms with Gasteiger partial charge < -0.3 is 14.2 Å². The summed E-state index contributed by atoms with van der Waals surface area (Å²) < 4.78 is 45.4. The Morgan fingerprint density at radius 3 is 2.00 bits per heavy atom. The van der Waals surface area contributed by atoms with E-state index in [0.29, 0.717) is 30.6 Å². The van der Waals surface area contributed by atoms with Crippen LogP contribution in [0.15, 0.2) is 42.5 Å². The van der Waals surface area contributed by atoms with E-state index in [-0.39, 0.29) is 19.0 Å². The Morgan fingerprint density at radius 1 is 0.875 bits per heavy atom. The smallest absolute Gasteiger partial charge is 0.184 e. The second kappa shape index (κ2) is 10.3. The number of halogens is 2. The highest BCUT2D eigenvalue weighted by atomic mass is 19.1. The van der Waals surface area contributed by atoms with Crippen LogP contribution < -0.4 is 4.74 Å². The molecule has 0 spiro atoms. The van der Waals surface area contributed by atoms with Crippen LogP contribution in [0.3, 0.4) is 0 Å². The van der Waals surface area contributed by atoms with Gasteiger partial charge in [0.05, 0.1) is 19.8 Å². The lowest BCUT2D eigenvalue weighted by molar-refractivity contribution is -0.238. The van der Waals surface area contributed by atoms with Crippen LogP contribution in [0.1, 0.15) is 87.2 Å². The van der Waals surface area contributed by atoms with Gasteiger partial charge in [0, 0.05) is 5.56 Å². The average molecular weight is 445 g/mol. The number of ether oxygens (including phenoxy) is 3. The quantitative estimate of drug-likeness (QED) is 0.451. The zero-order chi connectivity index (χ0) is 22.6. The topological polar surface area (TPSA) is 27.7 Å². The van der Waals surface area contributed by atoms with E-state index in [1.54, 1.807) is 12.1 Å². The fraction of sp³-hybridized carbons (Fsp3) is 0.556. The van der Waals surface area contributed by atoms with E-state index in [1.165, 1.54) is 5.56 Å². The maximum Gasteiger partial charge on any atom is 0.184 e. The first-order valence-electron chi connectivity index (χ1n) is 12.0. The molecular formula is C27H34F2O3. The molecule has 2 fully saturated rings. The summed E-state index contributed by atoms with van der Waals surface area (Å²) >= 11 is 0. The summed E-state index contributed by atoms with van der Waals surface area (Å²) in [5.41, 5.74) is 1.95. The third kappa shape index (κ3) is 5.32. The molecule has 2 aromatic rings.